The van der Waals surface area contributed by atoms with Gasteiger partial charge in [0.1, 0.15) is 17.2 Å². The molecule has 1 aliphatic rings. The molecule has 8 bridgehead atoms. The Morgan fingerprint density at radius 2 is 0.521 bits per heavy atom. The second-order valence-corrected chi connectivity index (χ2v) is 21.1. The molecule has 0 amide bonds. The van der Waals surface area contributed by atoms with Crippen molar-refractivity contribution in [3.8, 4) is 17.2 Å². The molecule has 256 valence electrons. The molecule has 0 aromatic heterocycles. The average molecular weight is 720 g/mol. The molecule has 4 aromatic carbocycles. The van der Waals surface area contributed by atoms with Crippen molar-refractivity contribution in [3.05, 3.63) is 70.8 Å². The van der Waals surface area contributed by atoms with E-state index in [0.717, 1.165) is 32.0 Å². The molecule has 8 heteroatoms. The summed E-state index contributed by atoms with van der Waals surface area (Å²) >= 11 is 5.64. The second kappa shape index (κ2) is 12.7. The minimum Gasteiger partial charge on any atom is -0.506 e. The van der Waals surface area contributed by atoms with E-state index in [2.05, 4.69) is 107 Å². The van der Waals surface area contributed by atoms with Gasteiger partial charge < -0.3 is 21.1 Å². The van der Waals surface area contributed by atoms with Crippen LogP contribution in [0.15, 0.2) is 87.7 Å². The first-order valence-electron chi connectivity index (χ1n) is 16.2. The predicted molar refractivity (Wildman–Crippen MR) is 206 cm³/mol. The number of hydrogen-bond acceptors (Lipinski definition) is 8. The summed E-state index contributed by atoms with van der Waals surface area (Å²) in [6.07, 6.45) is 0. The maximum atomic E-state index is 11.9. The molecule has 0 atom stereocenters. The van der Waals surface area contributed by atoms with Gasteiger partial charge in [0.25, 0.3) is 0 Å². The quantitative estimate of drug-likeness (QED) is 0.118. The number of phenolic OH excluding ortho intramolecular Hbond substituents is 3. The lowest BCUT2D eigenvalue weighted by molar-refractivity contribution is 0.443. The largest absolute Gasteiger partial charge is 0.506 e. The molecular weight excluding hydrogens is 671 g/mol. The summed E-state index contributed by atoms with van der Waals surface area (Å²) in [6, 6.07) is 16.5. The molecule has 4 nitrogen and oxygen atoms in total. The Bertz CT molecular complexity index is 1530. The second-order valence-electron chi connectivity index (χ2n) is 16.8. The highest BCUT2D eigenvalue weighted by Crippen LogP contribution is 2.54. The summed E-state index contributed by atoms with van der Waals surface area (Å²) < 4.78 is 0. The third-order valence-electron chi connectivity index (χ3n) is 8.57. The van der Waals surface area contributed by atoms with Crippen molar-refractivity contribution in [2.75, 3.05) is 5.73 Å². The number of nitrogen functional groups attached to an aromatic ring is 1. The van der Waals surface area contributed by atoms with Gasteiger partial charge in [-0.2, -0.15) is 0 Å². The van der Waals surface area contributed by atoms with Crippen molar-refractivity contribution in [1.82, 2.24) is 0 Å². The fourth-order valence-electron chi connectivity index (χ4n) is 5.19. The van der Waals surface area contributed by atoms with Gasteiger partial charge in [-0.15, -0.1) is 0 Å². The van der Waals surface area contributed by atoms with Crippen LogP contribution in [0.1, 0.15) is 105 Å². The smallest absolute Gasteiger partial charge is 0.143 e. The molecule has 0 aliphatic carbocycles. The first-order valence-corrected chi connectivity index (χ1v) is 19.5. The molecule has 5 N–H and O–H groups in total. The summed E-state index contributed by atoms with van der Waals surface area (Å²) in [5.74, 6) is 0.443. The van der Waals surface area contributed by atoms with Gasteiger partial charge in [0.05, 0.1) is 35.1 Å². The third kappa shape index (κ3) is 7.62. The zero-order valence-electron chi connectivity index (χ0n) is 30.2. The first-order chi connectivity index (χ1) is 21.9. The molecule has 1 aliphatic heterocycles. The molecular formula is C40H49NO3S4. The number of phenols is 3. The Balaban J connectivity index is 1.89. The SMILES string of the molecule is CC(C)(C)c1cc2c(N)c(c1)Sc1cc(C(C)(C)C)cc(c1O)Sc1cc(C(C)(C)C)cc(c1O)Sc1cc(C(C)(C)C)cc(c1O)S2. The molecule has 5 rings (SSSR count). The van der Waals surface area contributed by atoms with Crippen molar-refractivity contribution in [3.63, 3.8) is 0 Å². The minimum atomic E-state index is -0.212. The van der Waals surface area contributed by atoms with Gasteiger partial charge in [0, 0.05) is 9.79 Å². The van der Waals surface area contributed by atoms with Crippen LogP contribution in [-0.4, -0.2) is 15.3 Å². The first kappa shape index (κ1) is 36.8. The topological polar surface area (TPSA) is 86.7 Å². The molecule has 0 spiro atoms. The van der Waals surface area contributed by atoms with Gasteiger partial charge in [-0.3, -0.25) is 0 Å². The van der Waals surface area contributed by atoms with E-state index in [-0.39, 0.29) is 38.9 Å². The van der Waals surface area contributed by atoms with Crippen LogP contribution in [0.25, 0.3) is 0 Å². The Morgan fingerprint density at radius 3 is 0.708 bits per heavy atom. The van der Waals surface area contributed by atoms with Crippen LogP contribution >= 0.6 is 47.0 Å². The predicted octanol–water partition coefficient (Wildman–Crippen LogP) is 12.5. The number of hydrogen-bond donors (Lipinski definition) is 4. The van der Waals surface area contributed by atoms with E-state index < -0.39 is 0 Å². The molecule has 0 saturated carbocycles. The van der Waals surface area contributed by atoms with Crippen molar-refractivity contribution < 1.29 is 15.3 Å². The maximum absolute atomic E-state index is 11.9. The van der Waals surface area contributed by atoms with Gasteiger partial charge in [0.15, 0.2) is 0 Å². The maximum Gasteiger partial charge on any atom is 0.143 e. The van der Waals surface area contributed by atoms with E-state index in [1.54, 1.807) is 0 Å². The Kier molecular flexibility index (Phi) is 9.70. The van der Waals surface area contributed by atoms with Crippen molar-refractivity contribution in [1.29, 1.82) is 0 Å². The fraction of sp³-hybridized carbons (Fsp3) is 0.400. The van der Waals surface area contributed by atoms with Crippen LogP contribution in [0, 0.1) is 0 Å². The average Bonchev–Trinajstić information content (AvgIpc) is 2.93. The highest BCUT2D eigenvalue weighted by molar-refractivity contribution is 8.01. The molecule has 1 heterocycles. The lowest BCUT2D eigenvalue weighted by Gasteiger charge is -2.26. The lowest BCUT2D eigenvalue weighted by atomic mass is 9.87. The van der Waals surface area contributed by atoms with Crippen LogP contribution in [0.3, 0.4) is 0 Å². The fourth-order valence-corrected chi connectivity index (χ4v) is 9.56. The van der Waals surface area contributed by atoms with E-state index in [9.17, 15) is 15.3 Å². The van der Waals surface area contributed by atoms with Gasteiger partial charge >= 0.3 is 0 Å². The van der Waals surface area contributed by atoms with E-state index in [1.807, 2.05) is 24.3 Å². The van der Waals surface area contributed by atoms with Gasteiger partial charge in [-0.25, -0.2) is 0 Å². The molecule has 4 aromatic rings. The molecule has 0 unspecified atom stereocenters. The molecule has 0 radical (unpaired) electrons. The number of anilines is 1. The van der Waals surface area contributed by atoms with E-state index in [1.165, 1.54) is 47.0 Å². The zero-order valence-corrected chi connectivity index (χ0v) is 33.4. The Labute approximate surface area is 304 Å². The van der Waals surface area contributed by atoms with Crippen molar-refractivity contribution in [2.45, 2.75) is 144 Å². The van der Waals surface area contributed by atoms with E-state index in [4.69, 9.17) is 5.73 Å². The van der Waals surface area contributed by atoms with Crippen LogP contribution in [0.5, 0.6) is 17.2 Å². The van der Waals surface area contributed by atoms with Crippen LogP contribution in [0.2, 0.25) is 0 Å². The lowest BCUT2D eigenvalue weighted by Crippen LogP contribution is -2.13. The number of nitrogens with two attached hydrogens (primary N) is 1. The summed E-state index contributed by atoms with van der Waals surface area (Å²) in [4.78, 5) is 5.70. The van der Waals surface area contributed by atoms with Gasteiger partial charge in [-0.05, 0) is 92.4 Å². The summed E-state index contributed by atoms with van der Waals surface area (Å²) in [5, 5.41) is 35.7. The van der Waals surface area contributed by atoms with Crippen molar-refractivity contribution in [2.24, 2.45) is 0 Å². The number of fused-ring (bicyclic) bond motifs is 8. The highest BCUT2D eigenvalue weighted by Gasteiger charge is 2.28. The number of rotatable bonds is 0. The zero-order chi connectivity index (χ0) is 35.7. The summed E-state index contributed by atoms with van der Waals surface area (Å²) in [7, 11) is 0. The Hall–Kier alpha value is -2.52. The number of benzene rings is 4. The molecule has 0 saturated heterocycles. The molecule has 0 fully saturated rings. The van der Waals surface area contributed by atoms with Crippen LogP contribution in [-0.2, 0) is 21.7 Å². The standard InChI is InChI=1S/C40H49NO3S4/c1-37(2,3)21-13-25-33(41)26(14-21)46-28-16-23(39(7,8)9)18-30(35(28)43)48-32-20-24(40(10,11)12)19-31(36(32)44)47-29-17-22(38(4,5)6)15-27(45-25)34(29)42/h13-20,42-44H,41H2,1-12H3. The van der Waals surface area contributed by atoms with E-state index in [0.29, 0.717) is 35.1 Å². The Morgan fingerprint density at radius 1 is 0.354 bits per heavy atom. The van der Waals surface area contributed by atoms with Crippen LogP contribution in [0.4, 0.5) is 5.69 Å². The molecule has 48 heavy (non-hydrogen) atoms. The summed E-state index contributed by atoms with van der Waals surface area (Å²) in [5.41, 5.74) is 11.1. The highest BCUT2D eigenvalue weighted by atomic mass is 32.2. The van der Waals surface area contributed by atoms with Crippen molar-refractivity contribution >= 4 is 52.7 Å². The van der Waals surface area contributed by atoms with Gasteiger partial charge in [-0.1, -0.05) is 130 Å². The monoisotopic (exact) mass is 719 g/mol. The van der Waals surface area contributed by atoms with E-state index >= 15 is 0 Å². The van der Waals surface area contributed by atoms with Gasteiger partial charge in [0.2, 0.25) is 0 Å². The third-order valence-corrected chi connectivity index (χ3v) is 12.9. The number of aromatic hydroxyl groups is 3. The summed E-state index contributed by atoms with van der Waals surface area (Å²) in [6.45, 7) is 26.0. The normalized spacial score (nSPS) is 14.2. The van der Waals surface area contributed by atoms with Crippen LogP contribution < -0.4 is 5.73 Å². The minimum absolute atomic E-state index is 0.124.